The molecule has 1 unspecified atom stereocenters. The number of nitrogens with zero attached hydrogens (tertiary/aromatic N) is 1. The van der Waals surface area contributed by atoms with Crippen LogP contribution in [-0.2, 0) is 12.8 Å². The highest BCUT2D eigenvalue weighted by molar-refractivity contribution is 5.43. The molecular formula is C16H20N2O3. The number of pyridine rings is 1. The van der Waals surface area contributed by atoms with Gasteiger partial charge in [0.15, 0.2) is 11.5 Å². The molecule has 0 aliphatic carbocycles. The van der Waals surface area contributed by atoms with Crippen molar-refractivity contribution in [1.29, 1.82) is 0 Å². The average molecular weight is 288 g/mol. The summed E-state index contributed by atoms with van der Waals surface area (Å²) in [4.78, 5) is 3.94. The largest absolute Gasteiger partial charge is 0.493 e. The van der Waals surface area contributed by atoms with E-state index in [1.54, 1.807) is 26.5 Å². The first-order valence-corrected chi connectivity index (χ1v) is 6.71. The van der Waals surface area contributed by atoms with Crippen LogP contribution in [0.5, 0.6) is 11.5 Å². The molecule has 0 radical (unpaired) electrons. The number of anilines is 1. The third-order valence-corrected chi connectivity index (χ3v) is 3.24. The van der Waals surface area contributed by atoms with Crippen LogP contribution in [0.2, 0.25) is 0 Å². The van der Waals surface area contributed by atoms with Gasteiger partial charge in [0.05, 0.1) is 20.3 Å². The SMILES string of the molecule is COc1ccc(CC(O)Cc2ccnc(N)c2)cc1OC. The quantitative estimate of drug-likeness (QED) is 0.848. The summed E-state index contributed by atoms with van der Waals surface area (Å²) in [6.45, 7) is 0. The number of hydrogen-bond donors (Lipinski definition) is 2. The van der Waals surface area contributed by atoms with E-state index in [9.17, 15) is 5.11 Å². The molecule has 112 valence electrons. The lowest BCUT2D eigenvalue weighted by molar-refractivity contribution is 0.175. The fraction of sp³-hybridized carbons (Fsp3) is 0.312. The molecule has 0 spiro atoms. The Labute approximate surface area is 124 Å². The summed E-state index contributed by atoms with van der Waals surface area (Å²) < 4.78 is 10.5. The summed E-state index contributed by atoms with van der Waals surface area (Å²) in [5.41, 5.74) is 7.59. The molecule has 0 aliphatic heterocycles. The van der Waals surface area contributed by atoms with Crippen LogP contribution < -0.4 is 15.2 Å². The molecule has 5 heteroatoms. The van der Waals surface area contributed by atoms with Gasteiger partial charge in [0, 0.05) is 6.20 Å². The first-order valence-electron chi connectivity index (χ1n) is 6.71. The van der Waals surface area contributed by atoms with Gasteiger partial charge in [0.25, 0.3) is 0 Å². The normalized spacial score (nSPS) is 12.0. The zero-order valence-corrected chi connectivity index (χ0v) is 12.2. The van der Waals surface area contributed by atoms with Crippen molar-refractivity contribution in [2.45, 2.75) is 18.9 Å². The number of rotatable bonds is 6. The second kappa shape index (κ2) is 6.95. The highest BCUT2D eigenvalue weighted by Gasteiger charge is 2.10. The predicted octanol–water partition coefficient (Wildman–Crippen LogP) is 1.83. The van der Waals surface area contributed by atoms with Gasteiger partial charge in [-0.15, -0.1) is 0 Å². The van der Waals surface area contributed by atoms with Crippen LogP contribution >= 0.6 is 0 Å². The first-order chi connectivity index (χ1) is 10.1. The monoisotopic (exact) mass is 288 g/mol. The summed E-state index contributed by atoms with van der Waals surface area (Å²) >= 11 is 0. The van der Waals surface area contributed by atoms with E-state index in [4.69, 9.17) is 15.2 Å². The maximum Gasteiger partial charge on any atom is 0.160 e. The van der Waals surface area contributed by atoms with E-state index >= 15 is 0 Å². The van der Waals surface area contributed by atoms with Crippen molar-refractivity contribution in [3.63, 3.8) is 0 Å². The number of aromatic nitrogens is 1. The van der Waals surface area contributed by atoms with Crippen LogP contribution in [0.4, 0.5) is 5.82 Å². The van der Waals surface area contributed by atoms with Gasteiger partial charge < -0.3 is 20.3 Å². The number of benzene rings is 1. The molecule has 0 saturated carbocycles. The van der Waals surface area contributed by atoms with Gasteiger partial charge in [-0.05, 0) is 48.2 Å². The molecule has 1 aromatic carbocycles. The molecule has 1 aromatic heterocycles. The number of methoxy groups -OCH3 is 2. The summed E-state index contributed by atoms with van der Waals surface area (Å²) in [7, 11) is 3.19. The van der Waals surface area contributed by atoms with Crippen molar-refractivity contribution >= 4 is 5.82 Å². The fourth-order valence-corrected chi connectivity index (χ4v) is 2.25. The van der Waals surface area contributed by atoms with Crippen molar-refractivity contribution in [1.82, 2.24) is 4.98 Å². The highest BCUT2D eigenvalue weighted by atomic mass is 16.5. The maximum atomic E-state index is 10.2. The molecular weight excluding hydrogens is 268 g/mol. The molecule has 0 bridgehead atoms. The van der Waals surface area contributed by atoms with Gasteiger partial charge in [-0.3, -0.25) is 0 Å². The van der Waals surface area contributed by atoms with E-state index in [-0.39, 0.29) is 0 Å². The molecule has 0 fully saturated rings. The summed E-state index contributed by atoms with van der Waals surface area (Å²) in [5, 5.41) is 10.2. The minimum atomic E-state index is -0.495. The van der Waals surface area contributed by atoms with Crippen LogP contribution in [0.1, 0.15) is 11.1 Å². The average Bonchev–Trinajstić information content (AvgIpc) is 2.47. The van der Waals surface area contributed by atoms with E-state index in [0.29, 0.717) is 30.2 Å². The highest BCUT2D eigenvalue weighted by Crippen LogP contribution is 2.28. The molecule has 0 saturated heterocycles. The summed E-state index contributed by atoms with van der Waals surface area (Å²) in [6.07, 6.45) is 2.21. The Balaban J connectivity index is 2.04. The Hall–Kier alpha value is -2.27. The Morgan fingerprint density at radius 3 is 2.33 bits per heavy atom. The third kappa shape index (κ3) is 4.10. The molecule has 5 nitrogen and oxygen atoms in total. The second-order valence-corrected chi connectivity index (χ2v) is 4.84. The van der Waals surface area contributed by atoms with Crippen LogP contribution in [0.3, 0.4) is 0 Å². The van der Waals surface area contributed by atoms with Gasteiger partial charge >= 0.3 is 0 Å². The first kappa shape index (κ1) is 15.1. The van der Waals surface area contributed by atoms with Crippen molar-refractivity contribution in [2.24, 2.45) is 0 Å². The molecule has 1 heterocycles. The van der Waals surface area contributed by atoms with Crippen molar-refractivity contribution in [3.05, 3.63) is 47.7 Å². The predicted molar refractivity (Wildman–Crippen MR) is 81.6 cm³/mol. The Morgan fingerprint density at radius 2 is 1.71 bits per heavy atom. The molecule has 1 atom stereocenters. The van der Waals surface area contributed by atoms with Gasteiger partial charge in [-0.1, -0.05) is 6.07 Å². The summed E-state index contributed by atoms with van der Waals surface area (Å²) in [6, 6.07) is 9.27. The second-order valence-electron chi connectivity index (χ2n) is 4.84. The number of aliphatic hydroxyl groups excluding tert-OH is 1. The van der Waals surface area contributed by atoms with Gasteiger partial charge in [-0.25, -0.2) is 4.98 Å². The minimum absolute atomic E-state index is 0.464. The standard InChI is InChI=1S/C16H20N2O3/c1-20-14-4-3-11(9-15(14)21-2)7-13(19)8-12-5-6-18-16(17)10-12/h3-6,9-10,13,19H,7-8H2,1-2H3,(H2,17,18). The van der Waals surface area contributed by atoms with Gasteiger partial charge in [0.2, 0.25) is 0 Å². The van der Waals surface area contributed by atoms with Crippen LogP contribution in [0.25, 0.3) is 0 Å². The molecule has 0 aliphatic rings. The lowest BCUT2D eigenvalue weighted by atomic mass is 10.0. The van der Waals surface area contributed by atoms with Gasteiger partial charge in [-0.2, -0.15) is 0 Å². The number of aliphatic hydroxyl groups is 1. The fourth-order valence-electron chi connectivity index (χ4n) is 2.25. The molecule has 21 heavy (non-hydrogen) atoms. The van der Waals surface area contributed by atoms with Crippen molar-refractivity contribution < 1.29 is 14.6 Å². The zero-order chi connectivity index (χ0) is 15.2. The Kier molecular flexibility index (Phi) is 5.00. The van der Waals surface area contributed by atoms with E-state index < -0.39 is 6.10 Å². The smallest absolute Gasteiger partial charge is 0.160 e. The number of nitrogen functional groups attached to an aromatic ring is 1. The van der Waals surface area contributed by atoms with Crippen LogP contribution in [0.15, 0.2) is 36.5 Å². The van der Waals surface area contributed by atoms with Crippen LogP contribution in [-0.4, -0.2) is 30.4 Å². The van der Waals surface area contributed by atoms with Gasteiger partial charge in [0.1, 0.15) is 5.82 Å². The van der Waals surface area contributed by atoms with E-state index in [1.165, 1.54) is 0 Å². The molecule has 2 aromatic rings. The molecule has 2 rings (SSSR count). The number of ether oxygens (including phenoxy) is 2. The lowest BCUT2D eigenvalue weighted by Gasteiger charge is -2.13. The van der Waals surface area contributed by atoms with Crippen molar-refractivity contribution in [3.8, 4) is 11.5 Å². The van der Waals surface area contributed by atoms with Crippen LogP contribution in [0, 0.1) is 0 Å². The Morgan fingerprint density at radius 1 is 1.05 bits per heavy atom. The maximum absolute atomic E-state index is 10.2. The lowest BCUT2D eigenvalue weighted by Crippen LogP contribution is -2.14. The zero-order valence-electron chi connectivity index (χ0n) is 12.2. The van der Waals surface area contributed by atoms with E-state index in [0.717, 1.165) is 11.1 Å². The topological polar surface area (TPSA) is 77.6 Å². The van der Waals surface area contributed by atoms with E-state index in [2.05, 4.69) is 4.98 Å². The summed E-state index contributed by atoms with van der Waals surface area (Å²) in [5.74, 6) is 1.80. The Bertz CT molecular complexity index is 602. The number of nitrogens with two attached hydrogens (primary N) is 1. The number of hydrogen-bond acceptors (Lipinski definition) is 5. The third-order valence-electron chi connectivity index (χ3n) is 3.24. The van der Waals surface area contributed by atoms with E-state index in [1.807, 2.05) is 24.3 Å². The van der Waals surface area contributed by atoms with Crippen molar-refractivity contribution in [2.75, 3.05) is 20.0 Å². The molecule has 0 amide bonds. The minimum Gasteiger partial charge on any atom is -0.493 e. The molecule has 3 N–H and O–H groups in total.